The number of carbonyl (C=O) groups excluding carboxylic acids is 2. The molecule has 2 atom stereocenters. The molecule has 0 unspecified atom stereocenters. The fourth-order valence-electron chi connectivity index (χ4n) is 3.51. The highest BCUT2D eigenvalue weighted by molar-refractivity contribution is 8.01. The third kappa shape index (κ3) is 5.86. The number of nitrogen functional groups attached to an aromatic ring is 1. The molecule has 2 aromatic rings. The number of anilines is 1. The maximum Gasteiger partial charge on any atom is 0.352 e. The largest absolute Gasteiger partial charge is 0.479 e. The molecule has 0 saturated carbocycles. The predicted octanol–water partition coefficient (Wildman–Crippen LogP) is -0.114. The van der Waals surface area contributed by atoms with E-state index in [0.717, 1.165) is 16.2 Å². The van der Waals surface area contributed by atoms with Crippen LogP contribution in [0.2, 0.25) is 0 Å². The molecule has 2 aliphatic heterocycles. The standard InChI is InChI=1S/C21H20N6O7S3/c1-26-4-2-11(3-5-26)35-7-10-8-36-19-15(18(31)27(19)16(10)20(32)33)24-17(30)14(25-34-6-13(28)29)12-9-37-21(22)23-12/h2-5,9,15,19H,6-8H2,1H3,(H4-,22,23,24,28,29,30,32,33)/p+1/b25-14-/t15-,19-/m1/s1. The summed E-state index contributed by atoms with van der Waals surface area (Å²) in [6, 6.07) is 2.82. The van der Waals surface area contributed by atoms with Crippen LogP contribution in [0.5, 0.6) is 0 Å². The van der Waals surface area contributed by atoms with Crippen LogP contribution in [0.3, 0.4) is 0 Å². The van der Waals surface area contributed by atoms with E-state index in [1.54, 1.807) is 0 Å². The van der Waals surface area contributed by atoms with Crippen molar-refractivity contribution in [1.82, 2.24) is 15.2 Å². The first kappa shape index (κ1) is 26.4. The summed E-state index contributed by atoms with van der Waals surface area (Å²) in [7, 11) is 1.90. The van der Waals surface area contributed by atoms with E-state index >= 15 is 0 Å². The molecule has 0 aliphatic carbocycles. The number of hydrogen-bond acceptors (Lipinski definition) is 11. The van der Waals surface area contributed by atoms with Crippen LogP contribution < -0.4 is 15.6 Å². The van der Waals surface area contributed by atoms with Gasteiger partial charge >= 0.3 is 11.9 Å². The Morgan fingerprint density at radius 1 is 1.35 bits per heavy atom. The number of carbonyl (C=O) groups is 4. The van der Waals surface area contributed by atoms with Gasteiger partial charge in [-0.2, -0.15) is 0 Å². The normalized spacial score (nSPS) is 19.2. The van der Waals surface area contributed by atoms with E-state index in [0.29, 0.717) is 17.1 Å². The maximum atomic E-state index is 13.0. The van der Waals surface area contributed by atoms with E-state index in [-0.39, 0.29) is 22.2 Å². The van der Waals surface area contributed by atoms with E-state index in [1.165, 1.54) is 33.8 Å². The molecular formula is C21H21N6O7S3+. The summed E-state index contributed by atoms with van der Waals surface area (Å²) >= 11 is 3.84. The summed E-state index contributed by atoms with van der Waals surface area (Å²) in [6.45, 7) is -0.792. The molecule has 2 aliphatic rings. The van der Waals surface area contributed by atoms with Gasteiger partial charge < -0.3 is 26.1 Å². The monoisotopic (exact) mass is 565 g/mol. The first-order chi connectivity index (χ1) is 17.7. The number of thioether (sulfide) groups is 2. The number of aryl methyl sites for hydroxylation is 1. The van der Waals surface area contributed by atoms with Crippen LogP contribution in [0.25, 0.3) is 0 Å². The molecule has 1 fully saturated rings. The number of carboxylic acid groups (broad SMARTS) is 2. The number of oxime groups is 1. The average molecular weight is 566 g/mol. The Morgan fingerprint density at radius 2 is 2.08 bits per heavy atom. The molecule has 0 bridgehead atoms. The maximum absolute atomic E-state index is 13.0. The fourth-order valence-corrected chi connectivity index (χ4v) is 6.43. The van der Waals surface area contributed by atoms with Crippen molar-refractivity contribution in [2.75, 3.05) is 23.8 Å². The number of hydrogen-bond donors (Lipinski definition) is 4. The van der Waals surface area contributed by atoms with Gasteiger partial charge in [0.1, 0.15) is 29.9 Å². The molecule has 16 heteroatoms. The molecule has 0 radical (unpaired) electrons. The molecule has 2 amide bonds. The zero-order valence-electron chi connectivity index (χ0n) is 19.2. The minimum Gasteiger partial charge on any atom is -0.479 e. The van der Waals surface area contributed by atoms with Crippen LogP contribution in [-0.4, -0.2) is 79.1 Å². The zero-order valence-corrected chi connectivity index (χ0v) is 21.6. The number of fused-ring (bicyclic) bond motifs is 1. The molecule has 4 rings (SSSR count). The van der Waals surface area contributed by atoms with Crippen LogP contribution in [0, 0.1) is 0 Å². The Bertz CT molecular complexity index is 1310. The third-order valence-electron chi connectivity index (χ3n) is 5.22. The van der Waals surface area contributed by atoms with Crippen molar-refractivity contribution in [2.24, 2.45) is 12.2 Å². The molecule has 37 heavy (non-hydrogen) atoms. The predicted molar refractivity (Wildman–Crippen MR) is 135 cm³/mol. The van der Waals surface area contributed by atoms with E-state index < -0.39 is 41.8 Å². The number of nitrogens with zero attached hydrogens (tertiary/aromatic N) is 4. The van der Waals surface area contributed by atoms with Gasteiger partial charge in [-0.1, -0.05) is 5.16 Å². The van der Waals surface area contributed by atoms with Gasteiger partial charge in [0.05, 0.1) is 0 Å². The van der Waals surface area contributed by atoms with Crippen molar-refractivity contribution in [2.45, 2.75) is 16.3 Å². The van der Waals surface area contributed by atoms with Crippen molar-refractivity contribution >= 4 is 69.5 Å². The van der Waals surface area contributed by atoms with Crippen molar-refractivity contribution in [3.63, 3.8) is 0 Å². The quantitative estimate of drug-likeness (QED) is 0.0989. The Morgan fingerprint density at radius 3 is 2.70 bits per heavy atom. The summed E-state index contributed by atoms with van der Waals surface area (Å²) in [5, 5.41) is 25.7. The highest BCUT2D eigenvalue weighted by Gasteiger charge is 2.54. The lowest BCUT2D eigenvalue weighted by atomic mass is 10.0. The van der Waals surface area contributed by atoms with E-state index in [9.17, 15) is 24.3 Å². The van der Waals surface area contributed by atoms with E-state index in [2.05, 4.69) is 15.5 Å². The lowest BCUT2D eigenvalue weighted by molar-refractivity contribution is -0.671. The van der Waals surface area contributed by atoms with E-state index in [4.69, 9.17) is 15.7 Å². The SMILES string of the molecule is C[n+]1ccc(SCC2=C(C(=O)O)N3C(=O)[C@@H](NC(=O)/C(=N\OCC(=O)O)c4csc(N)n4)[C@H]3SC2)cc1. The number of aromatic nitrogens is 2. The van der Waals surface area contributed by atoms with Gasteiger partial charge in [-0.05, 0) is 5.57 Å². The number of carboxylic acids is 2. The molecule has 194 valence electrons. The molecule has 0 aromatic carbocycles. The summed E-state index contributed by atoms with van der Waals surface area (Å²) in [5.41, 5.74) is 5.83. The average Bonchev–Trinajstić information content (AvgIpc) is 3.29. The van der Waals surface area contributed by atoms with Crippen LogP contribution in [0.4, 0.5) is 5.13 Å². The number of nitrogens with two attached hydrogens (primary N) is 1. The minimum absolute atomic E-state index is 0.0465. The third-order valence-corrected chi connectivity index (χ3v) is 8.33. The fraction of sp³-hybridized carbons (Fsp3) is 0.286. The number of aliphatic carboxylic acids is 2. The van der Waals surface area contributed by atoms with Crippen LogP contribution in [0.1, 0.15) is 5.69 Å². The molecule has 13 nitrogen and oxygen atoms in total. The van der Waals surface area contributed by atoms with Gasteiger partial charge in [0, 0.05) is 33.9 Å². The highest BCUT2D eigenvalue weighted by atomic mass is 32.2. The second-order valence-electron chi connectivity index (χ2n) is 7.78. The Kier molecular flexibility index (Phi) is 7.99. The number of amides is 2. The highest BCUT2D eigenvalue weighted by Crippen LogP contribution is 2.41. The van der Waals surface area contributed by atoms with Crippen molar-refractivity contribution in [3.05, 3.63) is 46.9 Å². The topological polar surface area (TPSA) is 188 Å². The number of pyridine rings is 1. The molecule has 0 spiro atoms. The summed E-state index contributed by atoms with van der Waals surface area (Å²) in [5.74, 6) is -3.19. The minimum atomic E-state index is -1.30. The summed E-state index contributed by atoms with van der Waals surface area (Å²) in [6.07, 6.45) is 3.77. The Hall–Kier alpha value is -3.63. The molecule has 2 aromatic heterocycles. The van der Waals surface area contributed by atoms with Gasteiger partial charge in [-0.25, -0.2) is 19.1 Å². The summed E-state index contributed by atoms with van der Waals surface area (Å²) < 4.78 is 1.89. The lowest BCUT2D eigenvalue weighted by Crippen LogP contribution is -2.71. The van der Waals surface area contributed by atoms with Gasteiger partial charge in [-0.3, -0.25) is 14.5 Å². The van der Waals surface area contributed by atoms with Crippen LogP contribution in [-0.2, 0) is 31.1 Å². The number of rotatable bonds is 10. The van der Waals surface area contributed by atoms with Crippen molar-refractivity contribution in [3.8, 4) is 0 Å². The number of β-lactam (4-membered cyclic amide) rings is 1. The van der Waals surface area contributed by atoms with Crippen molar-refractivity contribution in [1.29, 1.82) is 0 Å². The summed E-state index contributed by atoms with van der Waals surface area (Å²) in [4.78, 5) is 59.6. The molecule has 4 heterocycles. The van der Waals surface area contributed by atoms with Gasteiger partial charge in [0.2, 0.25) is 6.61 Å². The van der Waals surface area contributed by atoms with Crippen LogP contribution >= 0.6 is 34.9 Å². The van der Waals surface area contributed by atoms with E-state index in [1.807, 2.05) is 36.1 Å². The smallest absolute Gasteiger partial charge is 0.352 e. The second kappa shape index (κ2) is 11.2. The lowest BCUT2D eigenvalue weighted by Gasteiger charge is -2.49. The first-order valence-electron chi connectivity index (χ1n) is 10.6. The van der Waals surface area contributed by atoms with Gasteiger partial charge in [0.15, 0.2) is 23.2 Å². The first-order valence-corrected chi connectivity index (χ1v) is 13.5. The Balaban J connectivity index is 1.48. The Labute approximate surface area is 222 Å². The van der Waals surface area contributed by atoms with Gasteiger partial charge in [-0.15, -0.1) is 34.9 Å². The van der Waals surface area contributed by atoms with Crippen molar-refractivity contribution < 1.29 is 38.8 Å². The van der Waals surface area contributed by atoms with Crippen LogP contribution in [0.15, 0.2) is 51.2 Å². The number of nitrogens with one attached hydrogen (secondary N) is 1. The van der Waals surface area contributed by atoms with Gasteiger partial charge in [0.25, 0.3) is 11.8 Å². The molecular weight excluding hydrogens is 544 g/mol. The zero-order chi connectivity index (χ0) is 26.7. The second-order valence-corrected chi connectivity index (χ2v) is 10.8. The molecule has 1 saturated heterocycles. The number of thiazole rings is 1. The molecule has 5 N–H and O–H groups in total.